The van der Waals surface area contributed by atoms with E-state index in [0.717, 1.165) is 35.7 Å². The minimum absolute atomic E-state index is 0.0509. The number of aromatic nitrogens is 3. The average Bonchev–Trinajstić information content (AvgIpc) is 2.95. The van der Waals surface area contributed by atoms with Gasteiger partial charge >= 0.3 is 0 Å². The molecule has 4 rings (SSSR count). The van der Waals surface area contributed by atoms with Crippen molar-refractivity contribution < 1.29 is 4.79 Å². The van der Waals surface area contributed by atoms with Crippen molar-refractivity contribution in [2.75, 3.05) is 6.54 Å². The lowest BCUT2D eigenvalue weighted by Gasteiger charge is -2.11. The minimum Gasteiger partial charge on any atom is -0.352 e. The summed E-state index contributed by atoms with van der Waals surface area (Å²) in [5.74, 6) is 2.01. The first-order valence-electron chi connectivity index (χ1n) is 9.66. The van der Waals surface area contributed by atoms with Crippen molar-refractivity contribution >= 4 is 5.91 Å². The van der Waals surface area contributed by atoms with Gasteiger partial charge < -0.3 is 9.88 Å². The lowest BCUT2D eigenvalue weighted by molar-refractivity contribution is 0.0954. The van der Waals surface area contributed by atoms with E-state index in [1.165, 1.54) is 19.3 Å². The van der Waals surface area contributed by atoms with E-state index in [0.29, 0.717) is 18.5 Å². The number of rotatable bonds is 5. The monoisotopic (exact) mass is 360 g/mol. The lowest BCUT2D eigenvalue weighted by Crippen LogP contribution is -2.27. The first kappa shape index (κ1) is 17.5. The fraction of sp³-hybridized carbons (Fsp3) is 0.318. The molecule has 1 N–H and O–H groups in total. The van der Waals surface area contributed by atoms with Gasteiger partial charge in [0.05, 0.1) is 0 Å². The molecule has 2 heterocycles. The van der Waals surface area contributed by atoms with E-state index in [2.05, 4.69) is 20.1 Å². The van der Waals surface area contributed by atoms with E-state index >= 15 is 0 Å². The van der Waals surface area contributed by atoms with Gasteiger partial charge in [0.25, 0.3) is 5.91 Å². The first-order chi connectivity index (χ1) is 13.3. The molecule has 1 aliphatic heterocycles. The zero-order valence-corrected chi connectivity index (χ0v) is 15.4. The van der Waals surface area contributed by atoms with Crippen molar-refractivity contribution in [1.29, 1.82) is 0 Å². The van der Waals surface area contributed by atoms with E-state index in [1.54, 1.807) is 0 Å². The Balaban J connectivity index is 1.43. The van der Waals surface area contributed by atoms with Crippen LogP contribution in [0, 0.1) is 0 Å². The van der Waals surface area contributed by atoms with Crippen molar-refractivity contribution in [3.05, 3.63) is 71.8 Å². The smallest absolute Gasteiger partial charge is 0.251 e. The Bertz CT molecular complexity index is 917. The number of hydrogen-bond acceptors (Lipinski definition) is 3. The van der Waals surface area contributed by atoms with Crippen molar-refractivity contribution in [1.82, 2.24) is 20.1 Å². The highest BCUT2D eigenvalue weighted by molar-refractivity contribution is 6.00. The zero-order chi connectivity index (χ0) is 18.5. The molecule has 3 aromatic rings. The van der Waals surface area contributed by atoms with E-state index in [1.807, 2.05) is 54.6 Å². The molecule has 5 heteroatoms. The van der Waals surface area contributed by atoms with Gasteiger partial charge in [-0.05, 0) is 30.0 Å². The van der Waals surface area contributed by atoms with Gasteiger partial charge in [-0.1, -0.05) is 55.0 Å². The predicted molar refractivity (Wildman–Crippen MR) is 105 cm³/mol. The summed E-state index contributed by atoms with van der Waals surface area (Å²) < 4.78 is 2.23. The maximum Gasteiger partial charge on any atom is 0.251 e. The van der Waals surface area contributed by atoms with Crippen LogP contribution in [0.25, 0.3) is 11.1 Å². The van der Waals surface area contributed by atoms with E-state index in [4.69, 9.17) is 0 Å². The fourth-order valence-corrected chi connectivity index (χ4v) is 3.66. The Morgan fingerprint density at radius 2 is 1.78 bits per heavy atom. The van der Waals surface area contributed by atoms with Gasteiger partial charge in [-0.15, -0.1) is 10.2 Å². The lowest BCUT2D eigenvalue weighted by atomic mass is 9.99. The van der Waals surface area contributed by atoms with Gasteiger partial charge in [0.15, 0.2) is 0 Å². The molecule has 0 fully saturated rings. The quantitative estimate of drug-likeness (QED) is 0.756. The highest BCUT2D eigenvalue weighted by atomic mass is 16.1. The molecule has 0 atom stereocenters. The van der Waals surface area contributed by atoms with E-state index in [-0.39, 0.29) is 5.91 Å². The van der Waals surface area contributed by atoms with Crippen LogP contribution >= 0.6 is 0 Å². The number of fused-ring (bicyclic) bond motifs is 1. The fourth-order valence-electron chi connectivity index (χ4n) is 3.66. The summed E-state index contributed by atoms with van der Waals surface area (Å²) in [7, 11) is 0. The Morgan fingerprint density at radius 3 is 2.67 bits per heavy atom. The van der Waals surface area contributed by atoms with Gasteiger partial charge in [-0.2, -0.15) is 0 Å². The third-order valence-electron chi connectivity index (χ3n) is 5.08. The zero-order valence-electron chi connectivity index (χ0n) is 15.4. The number of amides is 1. The summed E-state index contributed by atoms with van der Waals surface area (Å²) in [5, 5.41) is 11.7. The van der Waals surface area contributed by atoms with Gasteiger partial charge in [-0.25, -0.2) is 0 Å². The molecular weight excluding hydrogens is 336 g/mol. The predicted octanol–water partition coefficient (Wildman–Crippen LogP) is 3.64. The topological polar surface area (TPSA) is 59.8 Å². The summed E-state index contributed by atoms with van der Waals surface area (Å²) in [6.45, 7) is 1.54. The number of benzene rings is 2. The third-order valence-corrected chi connectivity index (χ3v) is 5.08. The van der Waals surface area contributed by atoms with Gasteiger partial charge in [0.1, 0.15) is 11.6 Å². The van der Waals surface area contributed by atoms with Gasteiger partial charge in [-0.3, -0.25) is 4.79 Å². The minimum atomic E-state index is -0.0509. The first-order valence-corrected chi connectivity index (χ1v) is 9.66. The van der Waals surface area contributed by atoms with Crippen LogP contribution < -0.4 is 5.32 Å². The van der Waals surface area contributed by atoms with Crippen molar-refractivity contribution in [3.63, 3.8) is 0 Å². The molecule has 0 aliphatic carbocycles. The molecule has 1 aliphatic rings. The number of carbonyl (C=O) groups is 1. The summed E-state index contributed by atoms with van der Waals surface area (Å²) in [5.41, 5.74) is 2.70. The number of nitrogens with one attached hydrogen (secondary N) is 1. The SMILES string of the molecule is O=C(NCCc1nnc2n1CCCCC2)c1ccccc1-c1ccccc1. The van der Waals surface area contributed by atoms with Crippen LogP contribution in [0.1, 0.15) is 41.3 Å². The molecular formula is C22H24N4O. The Hall–Kier alpha value is -2.95. The van der Waals surface area contributed by atoms with Crippen molar-refractivity contribution in [2.45, 2.75) is 38.6 Å². The number of carbonyl (C=O) groups excluding carboxylic acids is 1. The van der Waals surface area contributed by atoms with Gasteiger partial charge in [0, 0.05) is 31.5 Å². The van der Waals surface area contributed by atoms with Crippen LogP contribution in [0.15, 0.2) is 54.6 Å². The molecule has 5 nitrogen and oxygen atoms in total. The molecule has 138 valence electrons. The molecule has 27 heavy (non-hydrogen) atoms. The van der Waals surface area contributed by atoms with Crippen molar-refractivity contribution in [2.24, 2.45) is 0 Å². The Kier molecular flexibility index (Phi) is 5.28. The maximum absolute atomic E-state index is 12.8. The van der Waals surface area contributed by atoms with Crippen molar-refractivity contribution in [3.8, 4) is 11.1 Å². The Morgan fingerprint density at radius 1 is 0.963 bits per heavy atom. The molecule has 0 saturated carbocycles. The van der Waals surface area contributed by atoms with Crippen LogP contribution in [0.3, 0.4) is 0 Å². The Labute approximate surface area is 159 Å². The highest BCUT2D eigenvalue weighted by Gasteiger charge is 2.16. The van der Waals surface area contributed by atoms with Crippen LogP contribution in [0.4, 0.5) is 0 Å². The van der Waals surface area contributed by atoms with Crippen LogP contribution in [0.2, 0.25) is 0 Å². The number of aryl methyl sites for hydroxylation is 1. The molecule has 1 aromatic heterocycles. The van der Waals surface area contributed by atoms with Crippen LogP contribution in [-0.4, -0.2) is 27.2 Å². The molecule has 0 saturated heterocycles. The number of hydrogen-bond donors (Lipinski definition) is 1. The highest BCUT2D eigenvalue weighted by Crippen LogP contribution is 2.23. The van der Waals surface area contributed by atoms with Gasteiger partial charge in [0.2, 0.25) is 0 Å². The third kappa shape index (κ3) is 3.92. The largest absolute Gasteiger partial charge is 0.352 e. The summed E-state index contributed by atoms with van der Waals surface area (Å²) in [4.78, 5) is 12.8. The van der Waals surface area contributed by atoms with E-state index < -0.39 is 0 Å². The normalized spacial score (nSPS) is 13.6. The summed E-state index contributed by atoms with van der Waals surface area (Å²) in [6.07, 6.45) is 5.31. The second-order valence-electron chi connectivity index (χ2n) is 6.91. The average molecular weight is 360 g/mol. The summed E-state index contributed by atoms with van der Waals surface area (Å²) in [6, 6.07) is 17.7. The molecule has 0 radical (unpaired) electrons. The molecule has 0 spiro atoms. The van der Waals surface area contributed by atoms with Crippen LogP contribution in [0.5, 0.6) is 0 Å². The summed E-state index contributed by atoms with van der Waals surface area (Å²) >= 11 is 0. The molecule has 1 amide bonds. The van der Waals surface area contributed by atoms with E-state index in [9.17, 15) is 4.79 Å². The standard InChI is InChI=1S/C22H24N4O/c27-22(19-12-7-6-11-18(19)17-9-3-1-4-10-17)23-15-14-21-25-24-20-13-5-2-8-16-26(20)21/h1,3-4,6-7,9-12H,2,5,8,13-16H2,(H,23,27). The second kappa shape index (κ2) is 8.16. The maximum atomic E-state index is 12.8. The molecule has 2 aromatic carbocycles. The molecule has 0 bridgehead atoms. The van der Waals surface area contributed by atoms with Crippen LogP contribution in [-0.2, 0) is 19.4 Å². The molecule has 0 unspecified atom stereocenters. The second-order valence-corrected chi connectivity index (χ2v) is 6.91. The number of nitrogens with zero attached hydrogens (tertiary/aromatic N) is 3.